The third-order valence-electron chi connectivity index (χ3n) is 3.89. The number of nitrogens with two attached hydrogens (primary N) is 1. The van der Waals surface area contributed by atoms with Gasteiger partial charge in [-0.3, -0.25) is 9.69 Å². The molecule has 1 atom stereocenters. The zero-order valence-corrected chi connectivity index (χ0v) is 15.1. The zero-order valence-electron chi connectivity index (χ0n) is 13.4. The zero-order chi connectivity index (χ0) is 15.3. The molecular formula is C15H27ClN4OS. The van der Waals surface area contributed by atoms with Gasteiger partial charge in [-0.15, -0.1) is 23.7 Å². The topological polar surface area (TPSA) is 71.2 Å². The molecule has 0 spiro atoms. The maximum absolute atomic E-state index is 12.1. The van der Waals surface area contributed by atoms with Crippen molar-refractivity contribution in [1.82, 2.24) is 9.88 Å². The molecule has 1 fully saturated rings. The van der Waals surface area contributed by atoms with Crippen LogP contribution >= 0.6 is 23.7 Å². The van der Waals surface area contributed by atoms with Crippen LogP contribution in [0.15, 0.2) is 5.38 Å². The minimum Gasteiger partial charge on any atom is -0.318 e. The van der Waals surface area contributed by atoms with E-state index < -0.39 is 5.54 Å². The summed E-state index contributed by atoms with van der Waals surface area (Å²) in [6.45, 7) is 6.97. The Bertz CT molecular complexity index is 472. The van der Waals surface area contributed by atoms with E-state index in [-0.39, 0.29) is 18.3 Å². The number of carbonyl (C=O) groups is 1. The second kappa shape index (κ2) is 8.82. The summed E-state index contributed by atoms with van der Waals surface area (Å²) in [6, 6.07) is 0. The van der Waals surface area contributed by atoms with Gasteiger partial charge in [-0.2, -0.15) is 0 Å². The van der Waals surface area contributed by atoms with Gasteiger partial charge < -0.3 is 11.1 Å². The van der Waals surface area contributed by atoms with E-state index in [1.54, 1.807) is 6.92 Å². The molecule has 22 heavy (non-hydrogen) atoms. The molecule has 1 aromatic rings. The number of hydrogen-bond acceptors (Lipinski definition) is 5. The van der Waals surface area contributed by atoms with Crippen LogP contribution < -0.4 is 11.1 Å². The lowest BCUT2D eigenvalue weighted by Crippen LogP contribution is -2.48. The molecule has 7 heteroatoms. The van der Waals surface area contributed by atoms with Crippen LogP contribution in [-0.2, 0) is 11.3 Å². The van der Waals surface area contributed by atoms with Gasteiger partial charge in [0, 0.05) is 11.9 Å². The number of piperidine rings is 1. The van der Waals surface area contributed by atoms with E-state index in [2.05, 4.69) is 15.2 Å². The summed E-state index contributed by atoms with van der Waals surface area (Å²) in [5.41, 5.74) is 6.24. The highest BCUT2D eigenvalue weighted by Gasteiger charge is 2.27. The fourth-order valence-corrected chi connectivity index (χ4v) is 3.35. The molecule has 0 saturated carbocycles. The Labute approximate surface area is 143 Å². The van der Waals surface area contributed by atoms with Crippen LogP contribution in [0.3, 0.4) is 0 Å². The van der Waals surface area contributed by atoms with E-state index in [4.69, 9.17) is 5.73 Å². The van der Waals surface area contributed by atoms with Crippen LogP contribution in [-0.4, -0.2) is 34.4 Å². The maximum Gasteiger partial charge on any atom is 0.245 e. The van der Waals surface area contributed by atoms with Crippen molar-refractivity contribution in [2.24, 2.45) is 5.73 Å². The fourth-order valence-electron chi connectivity index (χ4n) is 2.66. The van der Waals surface area contributed by atoms with Gasteiger partial charge in [-0.25, -0.2) is 4.98 Å². The Balaban J connectivity index is 0.00000242. The van der Waals surface area contributed by atoms with Crippen LogP contribution in [0.5, 0.6) is 0 Å². The summed E-state index contributed by atoms with van der Waals surface area (Å²) in [6.07, 6.45) is 5.44. The molecule has 2 rings (SSSR count). The highest BCUT2D eigenvalue weighted by atomic mass is 35.5. The van der Waals surface area contributed by atoms with Crippen LogP contribution in [0.2, 0.25) is 0 Å². The van der Waals surface area contributed by atoms with Gasteiger partial charge in [0.05, 0.1) is 11.2 Å². The minimum atomic E-state index is -0.826. The first kappa shape index (κ1) is 19.4. The number of amides is 1. The summed E-state index contributed by atoms with van der Waals surface area (Å²) in [4.78, 5) is 19.1. The highest BCUT2D eigenvalue weighted by Crippen LogP contribution is 2.20. The van der Waals surface area contributed by atoms with Gasteiger partial charge >= 0.3 is 0 Å². The quantitative estimate of drug-likeness (QED) is 0.830. The predicted octanol–water partition coefficient (Wildman–Crippen LogP) is 3.01. The van der Waals surface area contributed by atoms with E-state index >= 15 is 0 Å². The number of thiazole rings is 1. The smallest absolute Gasteiger partial charge is 0.245 e. The molecule has 1 amide bonds. The van der Waals surface area contributed by atoms with Crippen molar-refractivity contribution >= 4 is 34.8 Å². The number of halogens is 1. The lowest BCUT2D eigenvalue weighted by Gasteiger charge is -2.25. The summed E-state index contributed by atoms with van der Waals surface area (Å²) < 4.78 is 0. The molecule has 5 nitrogen and oxygen atoms in total. The average molecular weight is 347 g/mol. The van der Waals surface area contributed by atoms with Gasteiger partial charge in [-0.05, 0) is 39.3 Å². The lowest BCUT2D eigenvalue weighted by molar-refractivity contribution is -0.120. The monoisotopic (exact) mass is 346 g/mol. The fraction of sp³-hybridized carbons (Fsp3) is 0.733. The number of aromatic nitrogens is 1. The van der Waals surface area contributed by atoms with Crippen molar-refractivity contribution in [3.8, 4) is 0 Å². The Hall–Kier alpha value is -0.690. The Morgan fingerprint density at radius 2 is 2.14 bits per heavy atom. The molecule has 0 bridgehead atoms. The van der Waals surface area contributed by atoms with Crippen molar-refractivity contribution in [1.29, 1.82) is 0 Å². The third-order valence-corrected chi connectivity index (χ3v) is 4.70. The standard InChI is InChI=1S/C15H26N4OS.ClH/c1-3-7-15(2,16)13(20)18-14-17-12(11-21-14)10-19-8-5-4-6-9-19;/h11H,3-10,16H2,1-2H3,(H,17,18,20);1H. The van der Waals surface area contributed by atoms with Crippen molar-refractivity contribution in [2.45, 2.75) is 58.0 Å². The number of likely N-dealkylation sites (tertiary alicyclic amines) is 1. The van der Waals surface area contributed by atoms with Gasteiger partial charge in [0.2, 0.25) is 5.91 Å². The van der Waals surface area contributed by atoms with E-state index in [0.29, 0.717) is 11.6 Å². The van der Waals surface area contributed by atoms with E-state index in [1.165, 1.54) is 30.6 Å². The minimum absolute atomic E-state index is 0. The summed E-state index contributed by atoms with van der Waals surface area (Å²) in [5.74, 6) is -0.150. The number of carbonyl (C=O) groups excluding carboxylic acids is 1. The van der Waals surface area contributed by atoms with E-state index in [9.17, 15) is 4.79 Å². The number of anilines is 1. The normalized spacial score (nSPS) is 18.3. The lowest BCUT2D eigenvalue weighted by atomic mass is 9.97. The van der Waals surface area contributed by atoms with Gasteiger partial charge in [0.25, 0.3) is 0 Å². The first-order chi connectivity index (χ1) is 10.0. The van der Waals surface area contributed by atoms with Crippen LogP contribution in [0.1, 0.15) is 51.6 Å². The van der Waals surface area contributed by atoms with Crippen LogP contribution in [0.4, 0.5) is 5.13 Å². The molecule has 1 aromatic heterocycles. The number of rotatable bonds is 6. The molecule has 2 heterocycles. The Morgan fingerprint density at radius 1 is 1.45 bits per heavy atom. The molecule has 0 radical (unpaired) electrons. The first-order valence-corrected chi connectivity index (χ1v) is 8.66. The largest absolute Gasteiger partial charge is 0.318 e. The molecule has 1 aliphatic rings. The van der Waals surface area contributed by atoms with Gasteiger partial charge in [-0.1, -0.05) is 19.8 Å². The molecule has 0 aromatic carbocycles. The summed E-state index contributed by atoms with van der Waals surface area (Å²) >= 11 is 1.48. The first-order valence-electron chi connectivity index (χ1n) is 7.78. The summed E-state index contributed by atoms with van der Waals surface area (Å²) in [7, 11) is 0. The van der Waals surface area contributed by atoms with Crippen LogP contribution in [0, 0.1) is 0 Å². The van der Waals surface area contributed by atoms with E-state index in [0.717, 1.165) is 31.7 Å². The SMILES string of the molecule is CCCC(C)(N)C(=O)Nc1nc(CN2CCCCC2)cs1.Cl. The van der Waals surface area contributed by atoms with Crippen molar-refractivity contribution in [2.75, 3.05) is 18.4 Å². The average Bonchev–Trinajstić information content (AvgIpc) is 2.87. The van der Waals surface area contributed by atoms with Crippen molar-refractivity contribution in [3.05, 3.63) is 11.1 Å². The molecule has 1 aliphatic heterocycles. The van der Waals surface area contributed by atoms with Crippen molar-refractivity contribution < 1.29 is 4.79 Å². The number of hydrogen-bond donors (Lipinski definition) is 2. The Kier molecular flexibility index (Phi) is 7.76. The van der Waals surface area contributed by atoms with Crippen molar-refractivity contribution in [3.63, 3.8) is 0 Å². The number of nitrogens with zero attached hydrogens (tertiary/aromatic N) is 2. The third kappa shape index (κ3) is 5.50. The molecule has 1 saturated heterocycles. The molecule has 126 valence electrons. The predicted molar refractivity (Wildman–Crippen MR) is 94.6 cm³/mol. The number of nitrogens with one attached hydrogen (secondary N) is 1. The Morgan fingerprint density at radius 3 is 2.77 bits per heavy atom. The molecule has 3 N–H and O–H groups in total. The molecule has 1 unspecified atom stereocenters. The van der Waals surface area contributed by atoms with Gasteiger partial charge in [0.15, 0.2) is 5.13 Å². The van der Waals surface area contributed by atoms with E-state index in [1.807, 2.05) is 12.3 Å². The molecule has 0 aliphatic carbocycles. The second-order valence-corrected chi connectivity index (χ2v) is 6.96. The second-order valence-electron chi connectivity index (χ2n) is 6.10. The van der Waals surface area contributed by atoms with Crippen LogP contribution in [0.25, 0.3) is 0 Å². The van der Waals surface area contributed by atoms with Gasteiger partial charge in [0.1, 0.15) is 0 Å². The maximum atomic E-state index is 12.1. The molecular weight excluding hydrogens is 320 g/mol. The summed E-state index contributed by atoms with van der Waals surface area (Å²) in [5, 5.41) is 5.53. The highest BCUT2D eigenvalue weighted by molar-refractivity contribution is 7.13.